The zero-order valence-electron chi connectivity index (χ0n) is 13.4. The molecule has 0 aliphatic carbocycles. The third-order valence-corrected chi connectivity index (χ3v) is 5.06. The van der Waals surface area contributed by atoms with Gasteiger partial charge in [-0.1, -0.05) is 31.9 Å². The highest BCUT2D eigenvalue weighted by atomic mass is 32.2. The van der Waals surface area contributed by atoms with Crippen molar-refractivity contribution in [3.05, 3.63) is 29.8 Å². The van der Waals surface area contributed by atoms with Crippen LogP contribution in [0.1, 0.15) is 44.6 Å². The van der Waals surface area contributed by atoms with Crippen LogP contribution in [0.15, 0.2) is 24.3 Å². The van der Waals surface area contributed by atoms with Gasteiger partial charge < -0.3 is 10.4 Å². The van der Waals surface area contributed by atoms with Gasteiger partial charge in [0.05, 0.1) is 11.7 Å². The van der Waals surface area contributed by atoms with Crippen LogP contribution in [0.25, 0.3) is 0 Å². The molecule has 0 spiro atoms. The Hall–Kier alpha value is -1.89. The summed E-state index contributed by atoms with van der Waals surface area (Å²) < 4.78 is 23.7. The first-order chi connectivity index (χ1) is 10.7. The fourth-order valence-corrected chi connectivity index (χ4v) is 3.33. The van der Waals surface area contributed by atoms with E-state index >= 15 is 0 Å². The lowest BCUT2D eigenvalue weighted by molar-refractivity contribution is -0.138. The number of rotatable bonds is 9. The molecule has 0 fully saturated rings. The number of carboxylic acids is 1. The second kappa shape index (κ2) is 8.67. The average molecular weight is 341 g/mol. The van der Waals surface area contributed by atoms with E-state index in [9.17, 15) is 18.0 Å². The van der Waals surface area contributed by atoms with Crippen molar-refractivity contribution >= 4 is 27.4 Å². The van der Waals surface area contributed by atoms with Gasteiger partial charge in [-0.2, -0.15) is 0 Å². The van der Waals surface area contributed by atoms with Crippen molar-refractivity contribution in [1.29, 1.82) is 0 Å². The van der Waals surface area contributed by atoms with E-state index in [0.717, 1.165) is 12.8 Å². The van der Waals surface area contributed by atoms with Gasteiger partial charge in [0.1, 0.15) is 5.75 Å². The molecule has 2 N–H and O–H groups in total. The number of hydrogen-bond donors (Lipinski definition) is 2. The van der Waals surface area contributed by atoms with E-state index in [0.29, 0.717) is 17.7 Å². The topological polar surface area (TPSA) is 101 Å². The average Bonchev–Trinajstić information content (AvgIpc) is 2.45. The lowest BCUT2D eigenvalue weighted by Gasteiger charge is -2.10. The monoisotopic (exact) mass is 341 g/mol. The van der Waals surface area contributed by atoms with Crippen LogP contribution in [0.5, 0.6) is 0 Å². The minimum absolute atomic E-state index is 0.00431. The normalized spacial score (nSPS) is 12.6. The molecular formula is C16H23NO5S. The number of carbonyl (C=O) groups excluding carboxylic acids is 1. The highest BCUT2D eigenvalue weighted by molar-refractivity contribution is 7.92. The number of aliphatic carboxylic acids is 1. The highest BCUT2D eigenvalue weighted by Crippen LogP contribution is 2.19. The van der Waals surface area contributed by atoms with Gasteiger partial charge in [-0.3, -0.25) is 9.59 Å². The summed E-state index contributed by atoms with van der Waals surface area (Å²) in [5, 5.41) is 11.5. The van der Waals surface area contributed by atoms with Crippen molar-refractivity contribution in [3.63, 3.8) is 0 Å². The van der Waals surface area contributed by atoms with Crippen LogP contribution in [0, 0.1) is 0 Å². The van der Waals surface area contributed by atoms with Crippen LogP contribution in [-0.4, -0.2) is 36.9 Å². The van der Waals surface area contributed by atoms with E-state index < -0.39 is 33.4 Å². The third kappa shape index (κ3) is 6.81. The minimum Gasteiger partial charge on any atom is -0.481 e. The van der Waals surface area contributed by atoms with E-state index in [1.807, 2.05) is 6.92 Å². The largest absolute Gasteiger partial charge is 0.481 e. The number of hydrogen-bond acceptors (Lipinski definition) is 4. The summed E-state index contributed by atoms with van der Waals surface area (Å²) >= 11 is 0. The SMILES string of the molecule is CCCCCS(=O)(=O)CC(=O)Nc1cccc(C(C)C(=O)O)c1. The molecule has 0 bridgehead atoms. The predicted molar refractivity (Wildman–Crippen MR) is 89.3 cm³/mol. The molecule has 1 unspecified atom stereocenters. The molecule has 1 rings (SSSR count). The number of amides is 1. The summed E-state index contributed by atoms with van der Waals surface area (Å²) in [6, 6.07) is 6.41. The molecule has 1 aromatic rings. The smallest absolute Gasteiger partial charge is 0.310 e. The Balaban J connectivity index is 2.67. The standard InChI is InChI=1S/C16H23NO5S/c1-3-4-5-9-23(21,22)11-15(18)17-14-8-6-7-13(10-14)12(2)16(19)20/h6-8,10,12H,3-5,9,11H2,1-2H3,(H,17,18)(H,19,20). The van der Waals surface area contributed by atoms with Crippen LogP contribution in [0.3, 0.4) is 0 Å². The zero-order chi connectivity index (χ0) is 17.5. The van der Waals surface area contributed by atoms with Gasteiger partial charge in [0.25, 0.3) is 0 Å². The summed E-state index contributed by atoms with van der Waals surface area (Å²) in [7, 11) is -3.42. The van der Waals surface area contributed by atoms with Crippen LogP contribution < -0.4 is 5.32 Å². The molecule has 0 aromatic heterocycles. The molecule has 0 aliphatic rings. The number of anilines is 1. The van der Waals surface area contributed by atoms with Crippen molar-refractivity contribution in [2.24, 2.45) is 0 Å². The maximum atomic E-state index is 11.9. The molecule has 0 radical (unpaired) electrons. The van der Waals surface area contributed by atoms with Gasteiger partial charge in [0.15, 0.2) is 9.84 Å². The molecular weight excluding hydrogens is 318 g/mol. The molecule has 128 valence electrons. The van der Waals surface area contributed by atoms with Crippen molar-refractivity contribution < 1.29 is 23.1 Å². The van der Waals surface area contributed by atoms with Crippen LogP contribution in [0.4, 0.5) is 5.69 Å². The summed E-state index contributed by atoms with van der Waals surface area (Å²) in [6.07, 6.45) is 2.28. The van der Waals surface area contributed by atoms with Gasteiger partial charge in [-0.25, -0.2) is 8.42 Å². The molecule has 0 aliphatic heterocycles. The van der Waals surface area contributed by atoms with Crippen molar-refractivity contribution in [2.75, 3.05) is 16.8 Å². The van der Waals surface area contributed by atoms with Crippen LogP contribution >= 0.6 is 0 Å². The molecule has 0 saturated heterocycles. The number of carbonyl (C=O) groups is 2. The van der Waals surface area contributed by atoms with Crippen LogP contribution in [0.2, 0.25) is 0 Å². The van der Waals surface area contributed by atoms with E-state index in [1.54, 1.807) is 31.2 Å². The van der Waals surface area contributed by atoms with Gasteiger partial charge in [-0.05, 0) is 31.0 Å². The van der Waals surface area contributed by atoms with Gasteiger partial charge in [0.2, 0.25) is 5.91 Å². The van der Waals surface area contributed by atoms with Gasteiger partial charge >= 0.3 is 5.97 Å². The van der Waals surface area contributed by atoms with E-state index in [2.05, 4.69) is 5.32 Å². The summed E-state index contributed by atoms with van der Waals surface area (Å²) in [4.78, 5) is 22.8. The Labute approximate surface area is 136 Å². The summed E-state index contributed by atoms with van der Waals surface area (Å²) in [6.45, 7) is 3.52. The number of benzene rings is 1. The number of sulfone groups is 1. The lowest BCUT2D eigenvalue weighted by atomic mass is 10.0. The van der Waals surface area contributed by atoms with E-state index in [-0.39, 0.29) is 5.75 Å². The molecule has 1 aromatic carbocycles. The maximum absolute atomic E-state index is 11.9. The van der Waals surface area contributed by atoms with Gasteiger partial charge in [-0.15, -0.1) is 0 Å². The zero-order valence-corrected chi connectivity index (χ0v) is 14.2. The first-order valence-electron chi connectivity index (χ1n) is 7.58. The molecule has 1 atom stereocenters. The Morgan fingerprint density at radius 3 is 2.57 bits per heavy atom. The third-order valence-electron chi connectivity index (χ3n) is 3.45. The Morgan fingerprint density at radius 2 is 1.96 bits per heavy atom. The Bertz CT molecular complexity index is 654. The molecule has 23 heavy (non-hydrogen) atoms. The van der Waals surface area contributed by atoms with Gasteiger partial charge in [0, 0.05) is 5.69 Å². The molecule has 7 heteroatoms. The molecule has 1 amide bonds. The number of nitrogens with one attached hydrogen (secondary N) is 1. The fraction of sp³-hybridized carbons (Fsp3) is 0.500. The summed E-state index contributed by atoms with van der Waals surface area (Å²) in [5.74, 6) is -2.84. The Kier molecular flexibility index (Phi) is 7.22. The summed E-state index contributed by atoms with van der Waals surface area (Å²) in [5.41, 5.74) is 0.936. The number of unbranched alkanes of at least 4 members (excludes halogenated alkanes) is 2. The highest BCUT2D eigenvalue weighted by Gasteiger charge is 2.17. The van der Waals surface area contributed by atoms with Crippen molar-refractivity contribution in [1.82, 2.24) is 0 Å². The quantitative estimate of drug-likeness (QED) is 0.672. The first-order valence-corrected chi connectivity index (χ1v) is 9.40. The molecule has 6 nitrogen and oxygen atoms in total. The van der Waals surface area contributed by atoms with Crippen molar-refractivity contribution in [3.8, 4) is 0 Å². The lowest BCUT2D eigenvalue weighted by Crippen LogP contribution is -2.24. The second-order valence-corrected chi connectivity index (χ2v) is 7.72. The van der Waals surface area contributed by atoms with Crippen molar-refractivity contribution in [2.45, 2.75) is 39.0 Å². The fourth-order valence-electron chi connectivity index (χ4n) is 2.07. The second-order valence-electron chi connectivity index (χ2n) is 5.53. The molecule has 0 saturated carbocycles. The predicted octanol–water partition coefficient (Wildman–Crippen LogP) is 2.42. The minimum atomic E-state index is -3.42. The number of carboxylic acid groups (broad SMARTS) is 1. The first kappa shape index (κ1) is 19.2. The Morgan fingerprint density at radius 1 is 1.26 bits per heavy atom. The maximum Gasteiger partial charge on any atom is 0.310 e. The molecule has 0 heterocycles. The van der Waals surface area contributed by atoms with Crippen LogP contribution in [-0.2, 0) is 19.4 Å². The van der Waals surface area contributed by atoms with E-state index in [4.69, 9.17) is 5.11 Å². The van der Waals surface area contributed by atoms with E-state index in [1.165, 1.54) is 0 Å².